The molecule has 1 atom stereocenters. The van der Waals surface area contributed by atoms with Crippen LogP contribution in [0.25, 0.3) is 5.57 Å². The Labute approximate surface area is 206 Å². The lowest BCUT2D eigenvalue weighted by molar-refractivity contribution is -0.154. The van der Waals surface area contributed by atoms with Crippen LogP contribution in [-0.2, 0) is 4.79 Å². The van der Waals surface area contributed by atoms with Crippen molar-refractivity contribution in [2.24, 2.45) is 0 Å². The first-order valence-corrected chi connectivity index (χ1v) is 11.9. The normalized spacial score (nSPS) is 14.3. The molecule has 0 aromatic heterocycles. The molecule has 1 unspecified atom stereocenters. The predicted octanol–water partition coefficient (Wildman–Crippen LogP) is 7.06. The lowest BCUT2D eigenvalue weighted by atomic mass is 10.0. The minimum Gasteiger partial charge on any atom is -0.490 e. The molecule has 0 saturated carbocycles. The van der Waals surface area contributed by atoms with Gasteiger partial charge < -0.3 is 24.2 Å². The van der Waals surface area contributed by atoms with E-state index in [-0.39, 0.29) is 0 Å². The Morgan fingerprint density at radius 1 is 1.00 bits per heavy atom. The van der Waals surface area contributed by atoms with Gasteiger partial charge in [0.05, 0.1) is 11.4 Å². The van der Waals surface area contributed by atoms with Crippen molar-refractivity contribution in [3.05, 3.63) is 78.4 Å². The van der Waals surface area contributed by atoms with Crippen LogP contribution >= 0.6 is 0 Å². The molecule has 1 aliphatic rings. The van der Waals surface area contributed by atoms with Crippen molar-refractivity contribution in [2.45, 2.75) is 39.7 Å². The summed E-state index contributed by atoms with van der Waals surface area (Å²) in [5.41, 5.74) is 3.07. The van der Waals surface area contributed by atoms with Crippen LogP contribution in [0.2, 0.25) is 0 Å². The molecule has 1 aliphatic heterocycles. The first-order chi connectivity index (χ1) is 16.8. The average Bonchev–Trinajstić information content (AvgIpc) is 2.87. The van der Waals surface area contributed by atoms with E-state index in [9.17, 15) is 9.90 Å². The monoisotopic (exact) mass is 473 g/mol. The molecule has 182 valence electrons. The zero-order valence-electron chi connectivity index (χ0n) is 20.6. The number of para-hydroxylation sites is 2. The van der Waals surface area contributed by atoms with Gasteiger partial charge in [-0.3, -0.25) is 0 Å². The number of hydrogen-bond donors (Lipinski definition) is 1. The summed E-state index contributed by atoms with van der Waals surface area (Å²) in [6, 6.07) is 21.3. The van der Waals surface area contributed by atoms with E-state index in [0.29, 0.717) is 24.5 Å². The average molecular weight is 474 g/mol. The van der Waals surface area contributed by atoms with E-state index in [1.807, 2.05) is 30.3 Å². The Morgan fingerprint density at radius 3 is 2.37 bits per heavy atom. The number of aliphatic carboxylic acids is 1. The molecular weight excluding hydrogens is 442 g/mol. The molecular formula is C29H31NO5. The quantitative estimate of drug-likeness (QED) is 0.359. The second kappa shape index (κ2) is 10.1. The van der Waals surface area contributed by atoms with Crippen LogP contribution in [-0.4, -0.2) is 29.8 Å². The summed E-state index contributed by atoms with van der Waals surface area (Å²) in [5.74, 6) is 1.91. The number of carboxylic acid groups (broad SMARTS) is 1. The number of carboxylic acids is 1. The second-order valence-corrected chi connectivity index (χ2v) is 8.66. The molecule has 4 rings (SSSR count). The van der Waals surface area contributed by atoms with Gasteiger partial charge in [-0.05, 0) is 92.9 Å². The summed E-state index contributed by atoms with van der Waals surface area (Å²) in [4.78, 5) is 13.7. The Morgan fingerprint density at radius 2 is 1.69 bits per heavy atom. The zero-order valence-corrected chi connectivity index (χ0v) is 20.6. The van der Waals surface area contributed by atoms with Crippen LogP contribution in [0.4, 0.5) is 11.4 Å². The summed E-state index contributed by atoms with van der Waals surface area (Å²) in [5, 5.41) is 9.38. The van der Waals surface area contributed by atoms with Crippen molar-refractivity contribution in [2.75, 3.05) is 18.1 Å². The number of fused-ring (bicyclic) bond motifs is 2. The molecule has 6 nitrogen and oxygen atoms in total. The van der Waals surface area contributed by atoms with Crippen molar-refractivity contribution in [3.8, 4) is 23.0 Å². The van der Waals surface area contributed by atoms with E-state index in [0.717, 1.165) is 40.6 Å². The van der Waals surface area contributed by atoms with Crippen molar-refractivity contribution >= 4 is 22.9 Å². The van der Waals surface area contributed by atoms with Crippen LogP contribution in [0.5, 0.6) is 23.0 Å². The zero-order chi connectivity index (χ0) is 25.0. The van der Waals surface area contributed by atoms with Crippen LogP contribution in [0.3, 0.4) is 0 Å². The molecule has 0 saturated heterocycles. The van der Waals surface area contributed by atoms with Gasteiger partial charge >= 0.3 is 5.97 Å². The summed E-state index contributed by atoms with van der Waals surface area (Å²) < 4.78 is 17.7. The van der Waals surface area contributed by atoms with E-state index in [4.69, 9.17) is 14.2 Å². The van der Waals surface area contributed by atoms with Gasteiger partial charge in [0.1, 0.15) is 18.1 Å². The molecule has 35 heavy (non-hydrogen) atoms. The highest BCUT2D eigenvalue weighted by atomic mass is 16.5. The predicted molar refractivity (Wildman–Crippen MR) is 138 cm³/mol. The molecule has 3 aromatic rings. The number of allylic oxidation sites excluding steroid dienone is 1. The fraction of sp³-hybridized carbons (Fsp3) is 0.276. The number of anilines is 2. The van der Waals surface area contributed by atoms with Gasteiger partial charge in [0.2, 0.25) is 5.60 Å². The fourth-order valence-electron chi connectivity index (χ4n) is 3.93. The van der Waals surface area contributed by atoms with E-state index < -0.39 is 11.6 Å². The van der Waals surface area contributed by atoms with Gasteiger partial charge in [-0.1, -0.05) is 25.1 Å². The maximum absolute atomic E-state index is 11.4. The first-order valence-electron chi connectivity index (χ1n) is 11.9. The smallest absolute Gasteiger partial charge is 0.347 e. The minimum absolute atomic E-state index is 0.363. The number of ether oxygens (including phenoxy) is 3. The molecule has 0 radical (unpaired) electrons. The summed E-state index contributed by atoms with van der Waals surface area (Å²) >= 11 is 0. The third-order valence-electron chi connectivity index (χ3n) is 6.33. The molecule has 6 heteroatoms. The standard InChI is InChI=1S/C29H31NO5/c1-5-29(4,28(31)32)35-23-14-12-22(13-15-23)33-18-17-20(3)21-11-16-27-25(19-21)30(6-2)24-9-7-8-10-26(24)34-27/h7-17,19H,5-6,18H2,1-4H3,(H,31,32). The molecule has 0 bridgehead atoms. The van der Waals surface area contributed by atoms with E-state index in [1.165, 1.54) is 0 Å². The SMILES string of the molecule is CCN1c2ccccc2Oc2ccc(C(C)=CCOc3ccc(OC(C)(CC)C(=O)O)cc3)cc21. The first kappa shape index (κ1) is 24.2. The summed E-state index contributed by atoms with van der Waals surface area (Å²) in [6.45, 7) is 8.80. The van der Waals surface area contributed by atoms with Crippen molar-refractivity contribution in [1.29, 1.82) is 0 Å². The molecule has 1 N–H and O–H groups in total. The fourth-order valence-corrected chi connectivity index (χ4v) is 3.93. The number of benzene rings is 3. The van der Waals surface area contributed by atoms with Crippen molar-refractivity contribution in [1.82, 2.24) is 0 Å². The van der Waals surface area contributed by atoms with Gasteiger partial charge in [0.25, 0.3) is 0 Å². The highest BCUT2D eigenvalue weighted by Gasteiger charge is 2.33. The topological polar surface area (TPSA) is 68.2 Å². The summed E-state index contributed by atoms with van der Waals surface area (Å²) in [6.07, 6.45) is 2.40. The van der Waals surface area contributed by atoms with Gasteiger partial charge in [-0.2, -0.15) is 0 Å². The van der Waals surface area contributed by atoms with Crippen LogP contribution in [0, 0.1) is 0 Å². The van der Waals surface area contributed by atoms with E-state index >= 15 is 0 Å². The molecule has 0 fully saturated rings. The molecule has 1 heterocycles. The van der Waals surface area contributed by atoms with Crippen molar-refractivity contribution in [3.63, 3.8) is 0 Å². The third-order valence-corrected chi connectivity index (χ3v) is 6.33. The van der Waals surface area contributed by atoms with Crippen LogP contribution < -0.4 is 19.1 Å². The minimum atomic E-state index is -1.25. The number of nitrogens with zero attached hydrogens (tertiary/aromatic N) is 1. The summed E-state index contributed by atoms with van der Waals surface area (Å²) in [7, 11) is 0. The van der Waals surface area contributed by atoms with Crippen LogP contribution in [0.15, 0.2) is 72.8 Å². The molecule has 0 amide bonds. The van der Waals surface area contributed by atoms with E-state index in [2.05, 4.69) is 36.9 Å². The Hall–Kier alpha value is -3.93. The lowest BCUT2D eigenvalue weighted by Gasteiger charge is -2.32. The number of rotatable bonds is 9. The Kier molecular flexibility index (Phi) is 7.01. The van der Waals surface area contributed by atoms with Gasteiger partial charge in [0, 0.05) is 6.54 Å². The number of hydrogen-bond acceptors (Lipinski definition) is 5. The Bertz CT molecular complexity index is 1230. The lowest BCUT2D eigenvalue weighted by Crippen LogP contribution is -2.40. The second-order valence-electron chi connectivity index (χ2n) is 8.66. The highest BCUT2D eigenvalue weighted by Crippen LogP contribution is 2.47. The maximum atomic E-state index is 11.4. The molecule has 0 aliphatic carbocycles. The van der Waals surface area contributed by atoms with Crippen molar-refractivity contribution < 1.29 is 24.1 Å². The van der Waals surface area contributed by atoms with Gasteiger partial charge in [-0.15, -0.1) is 0 Å². The molecule has 3 aromatic carbocycles. The maximum Gasteiger partial charge on any atom is 0.347 e. The van der Waals surface area contributed by atoms with Crippen LogP contribution in [0.1, 0.15) is 39.7 Å². The third kappa shape index (κ3) is 5.11. The van der Waals surface area contributed by atoms with E-state index in [1.54, 1.807) is 38.1 Å². The van der Waals surface area contributed by atoms with Gasteiger partial charge in [-0.25, -0.2) is 4.79 Å². The largest absolute Gasteiger partial charge is 0.490 e. The van der Waals surface area contributed by atoms with Gasteiger partial charge in [0.15, 0.2) is 11.5 Å². The molecule has 0 spiro atoms. The Balaban J connectivity index is 1.42. The number of carbonyl (C=O) groups is 1. The highest BCUT2D eigenvalue weighted by molar-refractivity contribution is 5.81.